The van der Waals surface area contributed by atoms with E-state index in [-0.39, 0.29) is 19.8 Å². The first-order valence-electron chi connectivity index (χ1n) is 7.08. The van der Waals surface area contributed by atoms with Gasteiger partial charge in [0.25, 0.3) is 0 Å². The highest BCUT2D eigenvalue weighted by molar-refractivity contribution is 5.09. The van der Waals surface area contributed by atoms with Crippen molar-refractivity contribution in [1.82, 2.24) is 0 Å². The van der Waals surface area contributed by atoms with Gasteiger partial charge in [0.1, 0.15) is 0 Å². The summed E-state index contributed by atoms with van der Waals surface area (Å²) in [5.74, 6) is 0.767. The largest absolute Gasteiger partial charge is 0.396 e. The molecule has 0 heterocycles. The lowest BCUT2D eigenvalue weighted by Crippen LogP contribution is -2.32. The predicted molar refractivity (Wildman–Crippen MR) is 79.9 cm³/mol. The van der Waals surface area contributed by atoms with Crippen LogP contribution in [-0.4, -0.2) is 35.1 Å². The molecule has 0 saturated heterocycles. The molecule has 3 N–H and O–H groups in total. The molecule has 1 rings (SSSR count). The van der Waals surface area contributed by atoms with E-state index in [1.54, 1.807) is 5.57 Å². The van der Waals surface area contributed by atoms with Crippen molar-refractivity contribution >= 4 is 0 Å². The summed E-state index contributed by atoms with van der Waals surface area (Å²) in [6.45, 7) is 9.68. The molecule has 0 spiro atoms. The van der Waals surface area contributed by atoms with E-state index in [1.165, 1.54) is 24.8 Å². The molecule has 1 aliphatic rings. The number of aliphatic hydroxyl groups is 3. The molecule has 1 unspecified atom stereocenters. The third kappa shape index (κ3) is 6.37. The van der Waals surface area contributed by atoms with Crippen molar-refractivity contribution in [3.8, 4) is 0 Å². The van der Waals surface area contributed by atoms with E-state index < -0.39 is 5.41 Å². The number of aliphatic hydroxyl groups excluding tert-OH is 3. The molecule has 0 aromatic heterocycles. The second-order valence-electron chi connectivity index (χ2n) is 5.70. The van der Waals surface area contributed by atoms with Gasteiger partial charge in [0, 0.05) is 5.41 Å². The Morgan fingerprint density at radius 1 is 1.32 bits per heavy atom. The van der Waals surface area contributed by atoms with E-state index in [9.17, 15) is 0 Å². The summed E-state index contributed by atoms with van der Waals surface area (Å²) in [5.41, 5.74) is 2.24. The minimum atomic E-state index is -0.667. The lowest BCUT2D eigenvalue weighted by Gasteiger charge is -2.24. The molecule has 0 aromatic carbocycles. The van der Waals surface area contributed by atoms with Crippen LogP contribution < -0.4 is 0 Å². The molecule has 3 nitrogen and oxygen atoms in total. The zero-order valence-corrected chi connectivity index (χ0v) is 12.7. The number of hydrogen-bond donors (Lipinski definition) is 3. The van der Waals surface area contributed by atoms with Gasteiger partial charge in [0.05, 0.1) is 19.8 Å². The van der Waals surface area contributed by atoms with E-state index in [2.05, 4.69) is 26.5 Å². The molecule has 0 amide bonds. The van der Waals surface area contributed by atoms with E-state index in [0.717, 1.165) is 5.92 Å². The van der Waals surface area contributed by atoms with Gasteiger partial charge in [0.15, 0.2) is 0 Å². The van der Waals surface area contributed by atoms with Crippen molar-refractivity contribution in [2.24, 2.45) is 11.3 Å². The molecular weight excluding hydrogens is 240 g/mol. The Bertz CT molecular complexity index is 273. The average molecular weight is 270 g/mol. The van der Waals surface area contributed by atoms with Gasteiger partial charge >= 0.3 is 0 Å². The average Bonchev–Trinajstić information content (AvgIpc) is 2.43. The molecule has 3 heteroatoms. The summed E-state index contributed by atoms with van der Waals surface area (Å²) in [4.78, 5) is 0. The van der Waals surface area contributed by atoms with Crippen LogP contribution >= 0.6 is 0 Å². The van der Waals surface area contributed by atoms with Crippen LogP contribution in [0.25, 0.3) is 0 Å². The highest BCUT2D eigenvalue weighted by Gasteiger charge is 2.24. The molecular formula is C16H30O3. The first kappa shape index (κ1) is 18.4. The van der Waals surface area contributed by atoms with Gasteiger partial charge < -0.3 is 15.3 Å². The first-order chi connectivity index (χ1) is 8.94. The molecule has 1 atom stereocenters. The normalized spacial score (nSPS) is 19.3. The van der Waals surface area contributed by atoms with Crippen molar-refractivity contribution in [2.75, 3.05) is 19.8 Å². The van der Waals surface area contributed by atoms with Gasteiger partial charge in [-0.1, -0.05) is 30.7 Å². The summed E-state index contributed by atoms with van der Waals surface area (Å²) >= 11 is 0. The van der Waals surface area contributed by atoms with Crippen molar-refractivity contribution < 1.29 is 15.3 Å². The van der Waals surface area contributed by atoms with Crippen LogP contribution in [0.2, 0.25) is 0 Å². The summed E-state index contributed by atoms with van der Waals surface area (Å²) < 4.78 is 0. The van der Waals surface area contributed by atoms with Gasteiger partial charge in [0.2, 0.25) is 0 Å². The smallest absolute Gasteiger partial charge is 0.0531 e. The minimum Gasteiger partial charge on any atom is -0.396 e. The number of rotatable bonds is 5. The maximum Gasteiger partial charge on any atom is 0.0531 e. The summed E-state index contributed by atoms with van der Waals surface area (Å²) in [7, 11) is 0. The minimum absolute atomic E-state index is 0.156. The topological polar surface area (TPSA) is 60.7 Å². The Labute approximate surface area is 117 Å². The Hall–Kier alpha value is -0.640. The van der Waals surface area contributed by atoms with Crippen LogP contribution in [0.15, 0.2) is 23.8 Å². The summed E-state index contributed by atoms with van der Waals surface area (Å²) in [6.07, 6.45) is 6.76. The Morgan fingerprint density at radius 3 is 2.05 bits per heavy atom. The molecule has 0 saturated carbocycles. The first-order valence-corrected chi connectivity index (χ1v) is 7.08. The molecule has 1 aliphatic carbocycles. The Balaban J connectivity index is 0.000000344. The lowest BCUT2D eigenvalue weighted by molar-refractivity contribution is 0.00304. The van der Waals surface area contributed by atoms with E-state index >= 15 is 0 Å². The zero-order valence-electron chi connectivity index (χ0n) is 12.7. The third-order valence-electron chi connectivity index (χ3n) is 4.09. The van der Waals surface area contributed by atoms with Crippen molar-refractivity contribution in [3.63, 3.8) is 0 Å². The lowest BCUT2D eigenvalue weighted by atomic mass is 9.86. The maximum absolute atomic E-state index is 8.66. The van der Waals surface area contributed by atoms with Gasteiger partial charge in [-0.05, 0) is 45.4 Å². The van der Waals surface area contributed by atoms with Crippen LogP contribution in [0.3, 0.4) is 0 Å². The highest BCUT2D eigenvalue weighted by atomic mass is 16.3. The van der Waals surface area contributed by atoms with Crippen LogP contribution in [0.5, 0.6) is 0 Å². The molecule has 0 radical (unpaired) electrons. The monoisotopic (exact) mass is 270 g/mol. The quantitative estimate of drug-likeness (QED) is 0.673. The van der Waals surface area contributed by atoms with Gasteiger partial charge in [-0.25, -0.2) is 0 Å². The fourth-order valence-corrected chi connectivity index (χ4v) is 1.90. The predicted octanol–water partition coefficient (Wildman–Crippen LogP) is 2.67. The van der Waals surface area contributed by atoms with Gasteiger partial charge in [-0.2, -0.15) is 0 Å². The Kier molecular flexibility index (Phi) is 8.98. The molecule has 19 heavy (non-hydrogen) atoms. The fraction of sp³-hybridized carbons (Fsp3) is 0.750. The van der Waals surface area contributed by atoms with Crippen LogP contribution in [0.4, 0.5) is 0 Å². The second-order valence-corrected chi connectivity index (χ2v) is 5.70. The summed E-state index contributed by atoms with van der Waals surface area (Å²) in [6, 6.07) is 0. The van der Waals surface area contributed by atoms with E-state index in [4.69, 9.17) is 15.3 Å². The van der Waals surface area contributed by atoms with Gasteiger partial charge in [-0.3, -0.25) is 0 Å². The molecule has 0 bridgehead atoms. The number of allylic oxidation sites excluding steroid dienone is 3. The zero-order chi connectivity index (χ0) is 14.9. The molecule has 0 aliphatic heterocycles. The van der Waals surface area contributed by atoms with Crippen molar-refractivity contribution in [1.29, 1.82) is 0 Å². The third-order valence-corrected chi connectivity index (χ3v) is 4.09. The van der Waals surface area contributed by atoms with Crippen LogP contribution in [0, 0.1) is 11.3 Å². The molecule has 112 valence electrons. The SMILES string of the molecule is C=C(C)C1CC=C(C)CC1.CCC(CO)(CO)CO. The van der Waals surface area contributed by atoms with Crippen molar-refractivity contribution in [2.45, 2.75) is 46.5 Å². The van der Waals surface area contributed by atoms with Gasteiger partial charge in [-0.15, -0.1) is 0 Å². The summed E-state index contributed by atoms with van der Waals surface area (Å²) in [5, 5.41) is 26.0. The van der Waals surface area contributed by atoms with E-state index in [0.29, 0.717) is 6.42 Å². The molecule has 0 fully saturated rings. The Morgan fingerprint density at radius 2 is 1.84 bits per heavy atom. The highest BCUT2D eigenvalue weighted by Crippen LogP contribution is 2.27. The van der Waals surface area contributed by atoms with E-state index in [1.807, 2.05) is 6.92 Å². The standard InChI is InChI=1S/C10H16.C6H14O3/c1-8(2)10-6-4-9(3)5-7-10;1-2-6(3-7,4-8)5-9/h4,10H,1,5-7H2,2-3H3;7-9H,2-5H2,1H3. The van der Waals surface area contributed by atoms with Crippen molar-refractivity contribution in [3.05, 3.63) is 23.8 Å². The maximum atomic E-state index is 8.66. The molecule has 0 aromatic rings. The van der Waals surface area contributed by atoms with Crippen LogP contribution in [0.1, 0.15) is 46.5 Å². The fourth-order valence-electron chi connectivity index (χ4n) is 1.90. The second kappa shape index (κ2) is 9.29. The number of hydrogen-bond acceptors (Lipinski definition) is 3. The van der Waals surface area contributed by atoms with Crippen LogP contribution in [-0.2, 0) is 0 Å².